The Bertz CT molecular complexity index is 1210. The van der Waals surface area contributed by atoms with Crippen molar-refractivity contribution in [3.05, 3.63) is 57.0 Å². The molecule has 0 aliphatic heterocycles. The van der Waals surface area contributed by atoms with Crippen LogP contribution in [0.4, 0.5) is 5.69 Å². The van der Waals surface area contributed by atoms with Gasteiger partial charge in [-0.15, -0.1) is 0 Å². The van der Waals surface area contributed by atoms with Crippen molar-refractivity contribution in [3.8, 4) is 5.75 Å². The number of methoxy groups -OCH3 is 1. The predicted octanol–water partition coefficient (Wildman–Crippen LogP) is 5.14. The normalized spacial score (nSPS) is 13.0. The van der Waals surface area contributed by atoms with E-state index in [0.29, 0.717) is 18.6 Å². The van der Waals surface area contributed by atoms with E-state index in [9.17, 15) is 18.0 Å². The average molecular weight is 593 g/mol. The summed E-state index contributed by atoms with van der Waals surface area (Å²) < 4.78 is 31.6. The highest BCUT2D eigenvalue weighted by molar-refractivity contribution is 7.92. The third kappa shape index (κ3) is 8.40. The van der Waals surface area contributed by atoms with Crippen LogP contribution < -0.4 is 14.4 Å². The van der Waals surface area contributed by atoms with E-state index in [1.165, 1.54) is 17.0 Å². The number of carbonyl (C=O) groups is 2. The molecular weight excluding hydrogens is 561 g/mol. The summed E-state index contributed by atoms with van der Waals surface area (Å²) in [4.78, 5) is 28.3. The van der Waals surface area contributed by atoms with Crippen LogP contribution in [0.5, 0.6) is 5.75 Å². The molecule has 0 saturated carbocycles. The maximum absolute atomic E-state index is 13.7. The molecule has 0 aliphatic carbocycles. The summed E-state index contributed by atoms with van der Waals surface area (Å²) in [6, 6.07) is 8.73. The van der Waals surface area contributed by atoms with E-state index in [1.807, 2.05) is 13.8 Å². The van der Waals surface area contributed by atoms with Crippen LogP contribution in [0, 0.1) is 0 Å². The van der Waals surface area contributed by atoms with Crippen molar-refractivity contribution in [2.45, 2.75) is 52.2 Å². The van der Waals surface area contributed by atoms with Crippen LogP contribution in [-0.2, 0) is 26.2 Å². The van der Waals surface area contributed by atoms with Gasteiger partial charge in [0.25, 0.3) is 0 Å². The zero-order valence-corrected chi connectivity index (χ0v) is 24.5. The number of benzene rings is 2. The highest BCUT2D eigenvalue weighted by Crippen LogP contribution is 2.35. The number of sulfonamides is 1. The van der Waals surface area contributed by atoms with Crippen molar-refractivity contribution in [1.82, 2.24) is 10.2 Å². The quantitative estimate of drug-likeness (QED) is 0.344. The molecule has 2 amide bonds. The third-order valence-electron chi connectivity index (χ3n) is 5.84. The van der Waals surface area contributed by atoms with Gasteiger partial charge < -0.3 is 15.0 Å². The van der Waals surface area contributed by atoms with E-state index in [-0.39, 0.29) is 39.2 Å². The summed E-state index contributed by atoms with van der Waals surface area (Å²) in [5, 5.41) is 3.15. The minimum atomic E-state index is -3.97. The standard InChI is InChI=1S/C25H32Cl3N3O5S/c1-6-16(3)29-25(33)22(7-2)30(14-17-8-10-18(36-4)11-9-17)24(32)15-31(37(5,34)35)23-13-20(27)19(26)12-21(23)28/h8-13,16,22H,6-7,14-15H2,1-5H3,(H,29,33)/t16-,22+/m1/s1. The minimum Gasteiger partial charge on any atom is -0.497 e. The maximum atomic E-state index is 13.7. The molecule has 0 spiro atoms. The molecule has 2 aromatic carbocycles. The lowest BCUT2D eigenvalue weighted by Crippen LogP contribution is -2.53. The summed E-state index contributed by atoms with van der Waals surface area (Å²) in [5.74, 6) is -0.271. The third-order valence-corrected chi connectivity index (χ3v) is 7.99. The van der Waals surface area contributed by atoms with Gasteiger partial charge in [-0.2, -0.15) is 0 Å². The van der Waals surface area contributed by atoms with Gasteiger partial charge in [0.1, 0.15) is 18.3 Å². The fourth-order valence-electron chi connectivity index (χ4n) is 3.59. The zero-order chi connectivity index (χ0) is 27.9. The molecule has 2 atom stereocenters. The lowest BCUT2D eigenvalue weighted by atomic mass is 10.1. The number of rotatable bonds is 12. The highest BCUT2D eigenvalue weighted by atomic mass is 35.5. The van der Waals surface area contributed by atoms with Gasteiger partial charge in [-0.3, -0.25) is 13.9 Å². The number of hydrogen-bond donors (Lipinski definition) is 1. The van der Waals surface area contributed by atoms with Crippen LogP contribution in [0.1, 0.15) is 39.2 Å². The van der Waals surface area contributed by atoms with E-state index >= 15 is 0 Å². The van der Waals surface area contributed by atoms with Gasteiger partial charge in [0.15, 0.2) is 0 Å². The number of hydrogen-bond acceptors (Lipinski definition) is 5. The number of halogens is 3. The van der Waals surface area contributed by atoms with Crippen molar-refractivity contribution in [2.75, 3.05) is 24.2 Å². The van der Waals surface area contributed by atoms with E-state index in [0.717, 1.165) is 16.1 Å². The van der Waals surface area contributed by atoms with Crippen LogP contribution >= 0.6 is 34.8 Å². The molecule has 0 unspecified atom stereocenters. The molecule has 0 radical (unpaired) electrons. The fourth-order valence-corrected chi connectivity index (χ4v) is 5.13. The number of ether oxygens (including phenoxy) is 1. The molecule has 2 rings (SSSR count). The second kappa shape index (κ2) is 13.6. The van der Waals surface area contributed by atoms with Crippen LogP contribution in [0.3, 0.4) is 0 Å². The monoisotopic (exact) mass is 591 g/mol. The Kier molecular flexibility index (Phi) is 11.4. The van der Waals surface area contributed by atoms with Gasteiger partial charge in [-0.25, -0.2) is 8.42 Å². The number of amides is 2. The molecule has 0 fully saturated rings. The molecule has 37 heavy (non-hydrogen) atoms. The maximum Gasteiger partial charge on any atom is 0.244 e. The Labute approximate surface area is 233 Å². The van der Waals surface area contributed by atoms with Crippen LogP contribution in [0.25, 0.3) is 0 Å². The largest absolute Gasteiger partial charge is 0.497 e. The summed E-state index contributed by atoms with van der Waals surface area (Å²) in [7, 11) is -2.43. The Balaban J connectivity index is 2.50. The number of nitrogens with one attached hydrogen (secondary N) is 1. The summed E-state index contributed by atoms with van der Waals surface area (Å²) in [6.07, 6.45) is 1.99. The topological polar surface area (TPSA) is 96.0 Å². The summed E-state index contributed by atoms with van der Waals surface area (Å²) in [6.45, 7) is 5.08. The second-order valence-electron chi connectivity index (χ2n) is 8.60. The molecule has 0 aliphatic rings. The Hall–Kier alpha value is -2.20. The van der Waals surface area contributed by atoms with Gasteiger partial charge in [-0.05, 0) is 49.6 Å². The van der Waals surface area contributed by atoms with Crippen LogP contribution in [0.15, 0.2) is 36.4 Å². The number of carbonyl (C=O) groups excluding carboxylic acids is 2. The number of nitrogens with zero attached hydrogens (tertiary/aromatic N) is 2. The van der Waals surface area contributed by atoms with E-state index in [1.54, 1.807) is 38.3 Å². The van der Waals surface area contributed by atoms with Gasteiger partial charge in [0.05, 0.1) is 34.1 Å². The van der Waals surface area contributed by atoms with Gasteiger partial charge in [0.2, 0.25) is 21.8 Å². The van der Waals surface area contributed by atoms with Crippen LogP contribution in [0.2, 0.25) is 15.1 Å². The molecular formula is C25H32Cl3N3O5S. The van der Waals surface area contributed by atoms with Crippen molar-refractivity contribution in [3.63, 3.8) is 0 Å². The molecule has 12 heteroatoms. The lowest BCUT2D eigenvalue weighted by molar-refractivity contribution is -0.140. The average Bonchev–Trinajstić information content (AvgIpc) is 2.84. The molecule has 0 heterocycles. The second-order valence-corrected chi connectivity index (χ2v) is 11.7. The van der Waals surface area contributed by atoms with E-state index in [4.69, 9.17) is 39.5 Å². The first kappa shape index (κ1) is 31.0. The van der Waals surface area contributed by atoms with Crippen molar-refractivity contribution >= 4 is 62.3 Å². The Morgan fingerprint density at radius 3 is 2.11 bits per heavy atom. The first-order valence-electron chi connectivity index (χ1n) is 11.7. The Morgan fingerprint density at radius 1 is 1.00 bits per heavy atom. The molecule has 2 aromatic rings. The summed E-state index contributed by atoms with van der Waals surface area (Å²) >= 11 is 18.4. The van der Waals surface area contributed by atoms with Gasteiger partial charge in [0, 0.05) is 12.6 Å². The lowest BCUT2D eigenvalue weighted by Gasteiger charge is -2.33. The molecule has 0 bridgehead atoms. The zero-order valence-electron chi connectivity index (χ0n) is 21.4. The smallest absolute Gasteiger partial charge is 0.244 e. The van der Waals surface area contributed by atoms with Crippen molar-refractivity contribution in [2.24, 2.45) is 0 Å². The predicted molar refractivity (Wildman–Crippen MR) is 149 cm³/mol. The van der Waals surface area contributed by atoms with E-state index < -0.39 is 28.5 Å². The summed E-state index contributed by atoms with van der Waals surface area (Å²) in [5.41, 5.74) is 0.746. The van der Waals surface area contributed by atoms with Crippen molar-refractivity contribution in [1.29, 1.82) is 0 Å². The van der Waals surface area contributed by atoms with E-state index in [2.05, 4.69) is 5.32 Å². The van der Waals surface area contributed by atoms with Gasteiger partial charge >= 0.3 is 0 Å². The first-order valence-corrected chi connectivity index (χ1v) is 14.7. The first-order chi connectivity index (χ1) is 17.3. The number of anilines is 1. The van der Waals surface area contributed by atoms with Crippen molar-refractivity contribution < 1.29 is 22.7 Å². The highest BCUT2D eigenvalue weighted by Gasteiger charge is 2.33. The van der Waals surface area contributed by atoms with Gasteiger partial charge in [-0.1, -0.05) is 60.8 Å². The molecule has 0 aromatic heterocycles. The Morgan fingerprint density at radius 2 is 1.59 bits per heavy atom. The molecule has 0 saturated heterocycles. The fraction of sp³-hybridized carbons (Fsp3) is 0.440. The molecule has 8 nitrogen and oxygen atoms in total. The molecule has 204 valence electrons. The van der Waals surface area contributed by atoms with Crippen LogP contribution in [-0.4, -0.2) is 57.1 Å². The molecule has 1 N–H and O–H groups in total. The SMILES string of the molecule is CC[C@@H](C)NC(=O)[C@H](CC)N(Cc1ccc(OC)cc1)C(=O)CN(c1cc(Cl)c(Cl)cc1Cl)S(C)(=O)=O. The minimum absolute atomic E-state index is 0.00780.